The molecule has 0 atom stereocenters. The summed E-state index contributed by atoms with van der Waals surface area (Å²) in [6.45, 7) is 2.65. The highest BCUT2D eigenvalue weighted by atomic mass is 35.7. The predicted molar refractivity (Wildman–Crippen MR) is 78.1 cm³/mol. The van der Waals surface area contributed by atoms with Crippen LogP contribution in [-0.4, -0.2) is 33.7 Å². The Balaban J connectivity index is 2.79. The molecule has 1 rings (SSSR count). The summed E-state index contributed by atoms with van der Waals surface area (Å²) in [6.07, 6.45) is 0.982. The first-order valence-corrected chi connectivity index (χ1v) is 10.4. The van der Waals surface area contributed by atoms with Crippen molar-refractivity contribution in [3.05, 3.63) is 17.0 Å². The molecule has 1 N–H and O–H groups in total. The molecule has 20 heavy (non-hydrogen) atoms. The summed E-state index contributed by atoms with van der Waals surface area (Å²) < 4.78 is 43.6. The fraction of sp³-hybridized carbons (Fsp3) is 0.500. The molecule has 1 amide bonds. The number of hydrogen-bond acceptors (Lipinski definition) is 6. The average Bonchev–Trinajstić information content (AvgIpc) is 2.72. The van der Waals surface area contributed by atoms with Gasteiger partial charge in [-0.15, -0.1) is 11.3 Å². The lowest BCUT2D eigenvalue weighted by molar-refractivity contribution is -0.123. The second-order valence-electron chi connectivity index (χ2n) is 4.62. The van der Waals surface area contributed by atoms with E-state index in [0.29, 0.717) is 4.88 Å². The summed E-state index contributed by atoms with van der Waals surface area (Å²) in [7, 11) is -2.16. The first-order valence-electron chi connectivity index (χ1n) is 5.37. The number of sulfone groups is 1. The van der Waals surface area contributed by atoms with Crippen molar-refractivity contribution >= 4 is 46.8 Å². The van der Waals surface area contributed by atoms with Crippen molar-refractivity contribution < 1.29 is 21.6 Å². The van der Waals surface area contributed by atoms with Gasteiger partial charge >= 0.3 is 0 Å². The molecule has 0 aliphatic rings. The number of halogens is 1. The standard InChI is InChI=1S/C10H14ClNO5S3/c1-10(2,19(3,14)15)9(13)12-6-7-4-5-8(18-7)20(11,16)17/h4-5H,6H2,1-3H3,(H,12,13). The summed E-state index contributed by atoms with van der Waals surface area (Å²) in [5.41, 5.74) is 0. The molecule has 6 nitrogen and oxygen atoms in total. The molecular weight excluding hydrogens is 346 g/mol. The van der Waals surface area contributed by atoms with Crippen molar-refractivity contribution in [1.82, 2.24) is 5.32 Å². The SMILES string of the molecule is CC(C)(C(=O)NCc1ccc(S(=O)(=O)Cl)s1)S(C)(=O)=O. The van der Waals surface area contributed by atoms with Crippen LogP contribution in [0.2, 0.25) is 0 Å². The van der Waals surface area contributed by atoms with Crippen LogP contribution in [0.3, 0.4) is 0 Å². The van der Waals surface area contributed by atoms with Crippen molar-refractivity contribution in [2.75, 3.05) is 6.26 Å². The van der Waals surface area contributed by atoms with E-state index in [9.17, 15) is 21.6 Å². The van der Waals surface area contributed by atoms with Crippen LogP contribution < -0.4 is 5.32 Å². The van der Waals surface area contributed by atoms with Crippen LogP contribution in [0, 0.1) is 0 Å². The minimum Gasteiger partial charge on any atom is -0.350 e. The molecule has 0 saturated carbocycles. The second kappa shape index (κ2) is 5.63. The number of carbonyl (C=O) groups is 1. The predicted octanol–water partition coefficient (Wildman–Crippen LogP) is 1.12. The maximum Gasteiger partial charge on any atom is 0.270 e. The number of rotatable bonds is 5. The molecule has 10 heteroatoms. The van der Waals surface area contributed by atoms with E-state index in [0.717, 1.165) is 17.6 Å². The first-order chi connectivity index (χ1) is 8.85. The third-order valence-electron chi connectivity index (χ3n) is 2.77. The van der Waals surface area contributed by atoms with Crippen molar-refractivity contribution in [1.29, 1.82) is 0 Å². The van der Waals surface area contributed by atoms with Crippen LogP contribution in [0.25, 0.3) is 0 Å². The molecule has 0 unspecified atom stereocenters. The highest BCUT2D eigenvalue weighted by Gasteiger charge is 2.38. The van der Waals surface area contributed by atoms with Gasteiger partial charge in [0.25, 0.3) is 9.05 Å². The van der Waals surface area contributed by atoms with Crippen molar-refractivity contribution in [2.24, 2.45) is 0 Å². The lowest BCUT2D eigenvalue weighted by Gasteiger charge is -2.21. The van der Waals surface area contributed by atoms with E-state index in [1.165, 1.54) is 26.0 Å². The molecule has 1 heterocycles. The normalized spacial score (nSPS) is 13.2. The third kappa shape index (κ3) is 3.94. The molecule has 114 valence electrons. The Bertz CT molecular complexity index is 718. The molecule has 1 aromatic heterocycles. The van der Waals surface area contributed by atoms with Gasteiger partial charge < -0.3 is 5.32 Å². The number of hydrogen-bond donors (Lipinski definition) is 1. The molecule has 0 bridgehead atoms. The smallest absolute Gasteiger partial charge is 0.270 e. The van der Waals surface area contributed by atoms with E-state index in [1.807, 2.05) is 0 Å². The molecular formula is C10H14ClNO5S3. The third-order valence-corrected chi connectivity index (χ3v) is 7.99. The molecule has 0 spiro atoms. The Morgan fingerprint density at radius 1 is 1.30 bits per heavy atom. The Labute approximate surface area is 126 Å². The lowest BCUT2D eigenvalue weighted by Crippen LogP contribution is -2.47. The second-order valence-corrected chi connectivity index (χ2v) is 11.1. The molecule has 0 saturated heterocycles. The van der Waals surface area contributed by atoms with Gasteiger partial charge in [-0.2, -0.15) is 0 Å². The van der Waals surface area contributed by atoms with E-state index >= 15 is 0 Å². The zero-order valence-corrected chi connectivity index (χ0v) is 14.2. The molecule has 0 aliphatic heterocycles. The Kier molecular flexibility index (Phi) is 4.90. The Morgan fingerprint density at radius 3 is 2.25 bits per heavy atom. The Morgan fingerprint density at radius 2 is 1.85 bits per heavy atom. The molecule has 1 aromatic rings. The van der Waals surface area contributed by atoms with E-state index in [-0.39, 0.29) is 10.8 Å². The van der Waals surface area contributed by atoms with Gasteiger partial charge in [0, 0.05) is 21.8 Å². The molecule has 0 radical (unpaired) electrons. The largest absolute Gasteiger partial charge is 0.350 e. The van der Waals surface area contributed by atoms with Gasteiger partial charge in [-0.05, 0) is 26.0 Å². The van der Waals surface area contributed by atoms with Crippen LogP contribution >= 0.6 is 22.0 Å². The summed E-state index contributed by atoms with van der Waals surface area (Å²) in [6, 6.07) is 2.84. The van der Waals surface area contributed by atoms with Gasteiger partial charge in [-0.25, -0.2) is 16.8 Å². The molecule has 0 aliphatic carbocycles. The van der Waals surface area contributed by atoms with Crippen LogP contribution in [0.15, 0.2) is 16.3 Å². The number of thiophene rings is 1. The maximum absolute atomic E-state index is 11.9. The van der Waals surface area contributed by atoms with Gasteiger partial charge in [0.2, 0.25) is 5.91 Å². The van der Waals surface area contributed by atoms with Gasteiger partial charge in [-0.1, -0.05) is 0 Å². The zero-order valence-electron chi connectivity index (χ0n) is 11.0. The van der Waals surface area contributed by atoms with Crippen molar-refractivity contribution in [3.8, 4) is 0 Å². The fourth-order valence-electron chi connectivity index (χ4n) is 1.13. The van der Waals surface area contributed by atoms with Crippen molar-refractivity contribution in [2.45, 2.75) is 29.3 Å². The molecule has 0 aromatic carbocycles. The highest BCUT2D eigenvalue weighted by Crippen LogP contribution is 2.25. The highest BCUT2D eigenvalue weighted by molar-refractivity contribution is 8.15. The van der Waals surface area contributed by atoms with Gasteiger partial charge in [0.1, 0.15) is 8.96 Å². The monoisotopic (exact) mass is 359 g/mol. The number of amides is 1. The van der Waals surface area contributed by atoms with Gasteiger partial charge in [-0.3, -0.25) is 4.79 Å². The summed E-state index contributed by atoms with van der Waals surface area (Å²) in [4.78, 5) is 12.4. The van der Waals surface area contributed by atoms with E-state index in [4.69, 9.17) is 10.7 Å². The van der Waals surface area contributed by atoms with E-state index in [1.54, 1.807) is 0 Å². The maximum atomic E-state index is 11.9. The summed E-state index contributed by atoms with van der Waals surface area (Å²) >= 11 is 0.916. The average molecular weight is 360 g/mol. The summed E-state index contributed by atoms with van der Waals surface area (Å²) in [5.74, 6) is -0.649. The molecule has 0 fully saturated rings. The number of nitrogens with one attached hydrogen (secondary N) is 1. The Hall–Kier alpha value is -0.640. The van der Waals surface area contributed by atoms with Crippen LogP contribution in [0.4, 0.5) is 0 Å². The van der Waals surface area contributed by atoms with Crippen LogP contribution in [0.5, 0.6) is 0 Å². The van der Waals surface area contributed by atoms with E-state index in [2.05, 4.69) is 5.32 Å². The zero-order chi connectivity index (χ0) is 15.8. The van der Waals surface area contributed by atoms with Crippen LogP contribution in [-0.2, 0) is 30.2 Å². The van der Waals surface area contributed by atoms with Crippen LogP contribution in [0.1, 0.15) is 18.7 Å². The van der Waals surface area contributed by atoms with Crippen molar-refractivity contribution in [3.63, 3.8) is 0 Å². The lowest BCUT2D eigenvalue weighted by atomic mass is 10.2. The minimum absolute atomic E-state index is 0.0224. The fourth-order valence-corrected chi connectivity index (χ4v) is 3.60. The summed E-state index contributed by atoms with van der Waals surface area (Å²) in [5, 5.41) is 2.46. The number of carbonyl (C=O) groups excluding carboxylic acids is 1. The van der Waals surface area contributed by atoms with E-state index < -0.39 is 29.5 Å². The topological polar surface area (TPSA) is 97.4 Å². The minimum atomic E-state index is -3.79. The van der Waals surface area contributed by atoms with Gasteiger partial charge in [0.05, 0.1) is 6.54 Å². The van der Waals surface area contributed by atoms with Gasteiger partial charge in [0.15, 0.2) is 9.84 Å². The quantitative estimate of drug-likeness (QED) is 0.794. The first kappa shape index (κ1) is 17.4.